The summed E-state index contributed by atoms with van der Waals surface area (Å²) in [7, 11) is 0. The van der Waals surface area contributed by atoms with E-state index < -0.39 is 0 Å². The van der Waals surface area contributed by atoms with Crippen molar-refractivity contribution < 1.29 is 13.9 Å². The fourth-order valence-corrected chi connectivity index (χ4v) is 3.68. The van der Waals surface area contributed by atoms with E-state index in [2.05, 4.69) is 40.1 Å². The minimum absolute atomic E-state index is 0.0677. The summed E-state index contributed by atoms with van der Waals surface area (Å²) in [5, 5.41) is 2.85. The largest absolute Gasteiger partial charge is 0.484 e. The summed E-state index contributed by atoms with van der Waals surface area (Å²) in [6.45, 7) is 4.29. The number of carbonyl (C=O) groups is 1. The molecule has 6 heteroatoms. The number of benzene rings is 3. The highest BCUT2D eigenvalue weighted by Gasteiger charge is 2.12. The zero-order valence-corrected chi connectivity index (χ0v) is 19.0. The molecule has 31 heavy (non-hydrogen) atoms. The Morgan fingerprint density at radius 1 is 1.13 bits per heavy atom. The normalized spacial score (nSPS) is 12.0. The standard InChI is InChI=1S/C25H23BrN2O3/c1-3-16(2)17-8-11-19(12-9-17)30-15-24(29)27-18-10-13-23-22(14-18)28-25(31-23)20-6-4-5-7-21(20)26/h4-14,16H,3,15H2,1-2H3,(H,27,29)/t16-/m1/s1. The SMILES string of the molecule is CC[C@@H](C)c1ccc(OCC(=O)Nc2ccc3oc(-c4ccccc4Br)nc3c2)cc1. The van der Waals surface area contributed by atoms with E-state index in [0.29, 0.717) is 34.3 Å². The molecule has 4 rings (SSSR count). The molecule has 5 nitrogen and oxygen atoms in total. The summed E-state index contributed by atoms with van der Waals surface area (Å²) in [4.78, 5) is 16.9. The van der Waals surface area contributed by atoms with Crippen molar-refractivity contribution in [1.82, 2.24) is 4.98 Å². The topological polar surface area (TPSA) is 64.4 Å². The fourth-order valence-electron chi connectivity index (χ4n) is 3.23. The van der Waals surface area contributed by atoms with Gasteiger partial charge in [-0.1, -0.05) is 38.1 Å². The number of nitrogens with zero attached hydrogens (tertiary/aromatic N) is 1. The van der Waals surface area contributed by atoms with E-state index in [0.717, 1.165) is 16.5 Å². The van der Waals surface area contributed by atoms with Gasteiger partial charge in [0.05, 0.1) is 5.56 Å². The lowest BCUT2D eigenvalue weighted by molar-refractivity contribution is -0.118. The average molecular weight is 479 g/mol. The monoisotopic (exact) mass is 478 g/mol. The maximum atomic E-state index is 12.3. The van der Waals surface area contributed by atoms with Crippen LogP contribution in [0, 0.1) is 0 Å². The van der Waals surface area contributed by atoms with Gasteiger partial charge in [0, 0.05) is 10.2 Å². The molecule has 158 valence electrons. The van der Waals surface area contributed by atoms with Crippen LogP contribution in [0.1, 0.15) is 31.7 Å². The van der Waals surface area contributed by atoms with Crippen molar-refractivity contribution >= 4 is 38.6 Å². The van der Waals surface area contributed by atoms with Gasteiger partial charge < -0.3 is 14.5 Å². The molecule has 1 amide bonds. The first kappa shape index (κ1) is 21.1. The van der Waals surface area contributed by atoms with Crippen LogP contribution >= 0.6 is 15.9 Å². The maximum Gasteiger partial charge on any atom is 0.262 e. The summed E-state index contributed by atoms with van der Waals surface area (Å²) in [5.74, 6) is 1.47. The van der Waals surface area contributed by atoms with Crippen LogP contribution in [0.2, 0.25) is 0 Å². The number of anilines is 1. The molecule has 0 aliphatic heterocycles. The van der Waals surface area contributed by atoms with E-state index in [1.807, 2.05) is 48.5 Å². The van der Waals surface area contributed by atoms with Gasteiger partial charge in [0.1, 0.15) is 11.3 Å². The number of halogens is 1. The molecule has 0 bridgehead atoms. The third-order valence-electron chi connectivity index (χ3n) is 5.21. The average Bonchev–Trinajstić information content (AvgIpc) is 3.21. The molecule has 1 aromatic heterocycles. The molecule has 4 aromatic rings. The first-order chi connectivity index (χ1) is 15.0. The lowest BCUT2D eigenvalue weighted by atomic mass is 9.99. The molecular weight excluding hydrogens is 456 g/mol. The molecule has 0 saturated carbocycles. The molecular formula is C25H23BrN2O3. The first-order valence-corrected chi connectivity index (χ1v) is 11.0. The van der Waals surface area contributed by atoms with Crippen molar-refractivity contribution in [1.29, 1.82) is 0 Å². The Kier molecular flexibility index (Phi) is 6.37. The molecule has 0 saturated heterocycles. The zero-order valence-electron chi connectivity index (χ0n) is 17.4. The van der Waals surface area contributed by atoms with E-state index in [-0.39, 0.29) is 12.5 Å². The second-order valence-electron chi connectivity index (χ2n) is 7.40. The number of hydrogen-bond acceptors (Lipinski definition) is 4. The Morgan fingerprint density at radius 3 is 2.65 bits per heavy atom. The van der Waals surface area contributed by atoms with Crippen LogP contribution in [0.25, 0.3) is 22.6 Å². The van der Waals surface area contributed by atoms with E-state index >= 15 is 0 Å². The molecule has 0 aliphatic carbocycles. The molecule has 0 fully saturated rings. The number of ether oxygens (including phenoxy) is 1. The molecule has 0 unspecified atom stereocenters. The second-order valence-corrected chi connectivity index (χ2v) is 8.25. The lowest BCUT2D eigenvalue weighted by Gasteiger charge is -2.11. The number of rotatable bonds is 7. The molecule has 0 radical (unpaired) electrons. The third kappa shape index (κ3) is 4.97. The van der Waals surface area contributed by atoms with E-state index in [1.165, 1.54) is 5.56 Å². The maximum absolute atomic E-state index is 12.3. The van der Waals surface area contributed by atoms with E-state index in [4.69, 9.17) is 9.15 Å². The van der Waals surface area contributed by atoms with Crippen LogP contribution in [-0.2, 0) is 4.79 Å². The van der Waals surface area contributed by atoms with Crippen molar-refractivity contribution in [2.75, 3.05) is 11.9 Å². The minimum atomic E-state index is -0.236. The van der Waals surface area contributed by atoms with Crippen LogP contribution < -0.4 is 10.1 Å². The highest BCUT2D eigenvalue weighted by Crippen LogP contribution is 2.31. The predicted octanol–water partition coefficient (Wildman–Crippen LogP) is 6.79. The van der Waals surface area contributed by atoms with Crippen LogP contribution in [-0.4, -0.2) is 17.5 Å². The van der Waals surface area contributed by atoms with Crippen LogP contribution in [0.15, 0.2) is 75.6 Å². The minimum Gasteiger partial charge on any atom is -0.484 e. The van der Waals surface area contributed by atoms with Crippen LogP contribution in [0.4, 0.5) is 5.69 Å². The number of fused-ring (bicyclic) bond motifs is 1. The van der Waals surface area contributed by atoms with E-state index in [9.17, 15) is 4.79 Å². The first-order valence-electron chi connectivity index (χ1n) is 10.2. The van der Waals surface area contributed by atoms with Gasteiger partial charge in [-0.05, 0) is 76.3 Å². The van der Waals surface area contributed by atoms with Crippen molar-refractivity contribution in [3.8, 4) is 17.2 Å². The van der Waals surface area contributed by atoms with Gasteiger partial charge in [0.25, 0.3) is 5.91 Å². The number of nitrogens with one attached hydrogen (secondary N) is 1. The van der Waals surface area contributed by atoms with Gasteiger partial charge in [0.2, 0.25) is 5.89 Å². The molecule has 1 heterocycles. The number of oxazole rings is 1. The highest BCUT2D eigenvalue weighted by molar-refractivity contribution is 9.10. The molecule has 3 aromatic carbocycles. The number of carbonyl (C=O) groups excluding carboxylic acids is 1. The van der Waals surface area contributed by atoms with Crippen molar-refractivity contribution in [2.24, 2.45) is 0 Å². The molecule has 0 spiro atoms. The van der Waals surface area contributed by atoms with Gasteiger partial charge >= 0.3 is 0 Å². The molecule has 1 N–H and O–H groups in total. The molecule has 0 aliphatic rings. The number of amides is 1. The quantitative estimate of drug-likeness (QED) is 0.317. The Balaban J connectivity index is 1.40. The highest BCUT2D eigenvalue weighted by atomic mass is 79.9. The summed E-state index contributed by atoms with van der Waals surface area (Å²) >= 11 is 3.52. The Labute approximate surface area is 189 Å². The van der Waals surface area contributed by atoms with Gasteiger partial charge in [-0.3, -0.25) is 4.79 Å². The molecule has 1 atom stereocenters. The summed E-state index contributed by atoms with van der Waals surface area (Å²) in [6, 6.07) is 21.0. The smallest absolute Gasteiger partial charge is 0.262 e. The van der Waals surface area contributed by atoms with Crippen LogP contribution in [0.3, 0.4) is 0 Å². The predicted molar refractivity (Wildman–Crippen MR) is 126 cm³/mol. The summed E-state index contributed by atoms with van der Waals surface area (Å²) in [6.07, 6.45) is 1.09. The van der Waals surface area contributed by atoms with Crippen molar-refractivity contribution in [2.45, 2.75) is 26.2 Å². The Bertz CT molecular complexity index is 1200. The third-order valence-corrected chi connectivity index (χ3v) is 5.90. The fraction of sp³-hybridized carbons (Fsp3) is 0.200. The van der Waals surface area contributed by atoms with E-state index in [1.54, 1.807) is 18.2 Å². The summed E-state index contributed by atoms with van der Waals surface area (Å²) in [5.41, 5.74) is 4.10. The van der Waals surface area contributed by atoms with Gasteiger partial charge in [-0.25, -0.2) is 4.98 Å². The number of hydrogen-bond donors (Lipinski definition) is 1. The van der Waals surface area contributed by atoms with Crippen molar-refractivity contribution in [3.05, 3.63) is 76.8 Å². The lowest BCUT2D eigenvalue weighted by Crippen LogP contribution is -2.20. The zero-order chi connectivity index (χ0) is 21.8. The van der Waals surface area contributed by atoms with Crippen molar-refractivity contribution in [3.63, 3.8) is 0 Å². The summed E-state index contributed by atoms with van der Waals surface area (Å²) < 4.78 is 12.4. The van der Waals surface area contributed by atoms with Gasteiger partial charge in [-0.15, -0.1) is 0 Å². The van der Waals surface area contributed by atoms with Crippen LogP contribution in [0.5, 0.6) is 5.75 Å². The van der Waals surface area contributed by atoms with Gasteiger partial charge in [-0.2, -0.15) is 0 Å². The number of aromatic nitrogens is 1. The van der Waals surface area contributed by atoms with Gasteiger partial charge in [0.15, 0.2) is 12.2 Å². The Morgan fingerprint density at radius 2 is 1.90 bits per heavy atom. The second kappa shape index (κ2) is 9.35. The Hall–Kier alpha value is -3.12.